The average Bonchev–Trinajstić information content (AvgIpc) is 2.86. The quantitative estimate of drug-likeness (QED) is 0.804. The van der Waals surface area contributed by atoms with Crippen LogP contribution in [0.15, 0.2) is 30.9 Å². The molecule has 2 heteroatoms. The van der Waals surface area contributed by atoms with Crippen molar-refractivity contribution in [1.82, 2.24) is 0 Å². The molecule has 1 aromatic rings. The van der Waals surface area contributed by atoms with Gasteiger partial charge in [0, 0.05) is 0 Å². The second-order valence-corrected chi connectivity index (χ2v) is 8.50. The van der Waals surface area contributed by atoms with Gasteiger partial charge in [0.15, 0.2) is 0 Å². The molecule has 1 aromatic carbocycles. The molecule has 3 aliphatic rings. The van der Waals surface area contributed by atoms with E-state index in [1.807, 2.05) is 6.08 Å². The van der Waals surface area contributed by atoms with Crippen molar-refractivity contribution in [3.05, 3.63) is 42.0 Å². The summed E-state index contributed by atoms with van der Waals surface area (Å²) in [5.41, 5.74) is 2.55. The highest BCUT2D eigenvalue weighted by Crippen LogP contribution is 2.65. The van der Waals surface area contributed by atoms with Crippen molar-refractivity contribution in [2.75, 3.05) is 7.11 Å². The largest absolute Gasteiger partial charge is 0.497 e. The van der Waals surface area contributed by atoms with E-state index >= 15 is 0 Å². The van der Waals surface area contributed by atoms with E-state index in [0.29, 0.717) is 17.8 Å². The Balaban J connectivity index is 1.69. The third-order valence-electron chi connectivity index (χ3n) is 7.74. The number of benzene rings is 1. The Hall–Kier alpha value is -1.28. The Labute approximate surface area is 145 Å². The maximum atomic E-state index is 11.3. The molecule has 130 valence electrons. The number of aliphatic hydroxyl groups is 1. The molecule has 0 radical (unpaired) electrons. The molecule has 5 atom stereocenters. The number of methoxy groups -OCH3 is 1. The zero-order chi connectivity index (χ0) is 16.9. The van der Waals surface area contributed by atoms with Crippen molar-refractivity contribution in [2.45, 2.75) is 63.4 Å². The molecule has 0 aromatic heterocycles. The minimum Gasteiger partial charge on any atom is -0.497 e. The van der Waals surface area contributed by atoms with Crippen molar-refractivity contribution in [2.24, 2.45) is 17.3 Å². The minimum atomic E-state index is -0.543. The lowest BCUT2D eigenvalue weighted by Gasteiger charge is -2.53. The zero-order valence-corrected chi connectivity index (χ0v) is 15.1. The van der Waals surface area contributed by atoms with Gasteiger partial charge in [0.1, 0.15) is 5.75 Å². The molecule has 4 rings (SSSR count). The van der Waals surface area contributed by atoms with E-state index < -0.39 is 5.60 Å². The SMILES string of the molecule is C=CC[C@]1(O)CC[C@H]2[C@@H]3CCc4ccc(OC)cc4[C@H]3CC[C@@]21C. The van der Waals surface area contributed by atoms with E-state index in [2.05, 4.69) is 31.7 Å². The lowest BCUT2D eigenvalue weighted by Crippen LogP contribution is -2.50. The summed E-state index contributed by atoms with van der Waals surface area (Å²) in [5, 5.41) is 11.3. The molecular formula is C22H30O2. The van der Waals surface area contributed by atoms with Gasteiger partial charge in [0.2, 0.25) is 0 Å². The van der Waals surface area contributed by atoms with Crippen LogP contribution in [0, 0.1) is 17.3 Å². The summed E-state index contributed by atoms with van der Waals surface area (Å²) in [6.07, 6.45) is 9.52. The predicted octanol–water partition coefficient (Wildman–Crippen LogP) is 4.86. The lowest BCUT2D eigenvalue weighted by molar-refractivity contribution is -0.100. The van der Waals surface area contributed by atoms with E-state index in [4.69, 9.17) is 4.74 Å². The van der Waals surface area contributed by atoms with Crippen LogP contribution in [0.4, 0.5) is 0 Å². The fraction of sp³-hybridized carbons (Fsp3) is 0.636. The minimum absolute atomic E-state index is 0.0543. The molecule has 0 saturated heterocycles. The first-order valence-electron chi connectivity index (χ1n) is 9.52. The van der Waals surface area contributed by atoms with E-state index in [0.717, 1.165) is 25.0 Å². The molecule has 0 amide bonds. The first kappa shape index (κ1) is 16.2. The van der Waals surface area contributed by atoms with Crippen molar-refractivity contribution < 1.29 is 9.84 Å². The summed E-state index contributed by atoms with van der Waals surface area (Å²) in [6.45, 7) is 6.25. The van der Waals surface area contributed by atoms with Crippen molar-refractivity contribution >= 4 is 0 Å². The van der Waals surface area contributed by atoms with E-state index in [9.17, 15) is 5.11 Å². The van der Waals surface area contributed by atoms with Crippen LogP contribution in [0.3, 0.4) is 0 Å². The van der Waals surface area contributed by atoms with E-state index in [1.165, 1.54) is 36.8 Å². The molecule has 2 nitrogen and oxygen atoms in total. The van der Waals surface area contributed by atoms with E-state index in [-0.39, 0.29) is 5.41 Å². The van der Waals surface area contributed by atoms with Crippen LogP contribution in [-0.2, 0) is 6.42 Å². The molecule has 0 unspecified atom stereocenters. The molecule has 2 fully saturated rings. The van der Waals surface area contributed by atoms with Gasteiger partial charge in [-0.1, -0.05) is 19.1 Å². The number of hydrogen-bond donors (Lipinski definition) is 1. The first-order valence-corrected chi connectivity index (χ1v) is 9.52. The monoisotopic (exact) mass is 326 g/mol. The van der Waals surface area contributed by atoms with Crippen LogP contribution in [0.2, 0.25) is 0 Å². The predicted molar refractivity (Wildman–Crippen MR) is 97.4 cm³/mol. The maximum Gasteiger partial charge on any atom is 0.119 e. The van der Waals surface area contributed by atoms with Crippen molar-refractivity contribution in [1.29, 1.82) is 0 Å². The molecule has 3 aliphatic carbocycles. The molecule has 2 saturated carbocycles. The fourth-order valence-corrected chi connectivity index (χ4v) is 6.36. The zero-order valence-electron chi connectivity index (χ0n) is 15.1. The highest BCUT2D eigenvalue weighted by molar-refractivity contribution is 5.41. The highest BCUT2D eigenvalue weighted by atomic mass is 16.5. The third-order valence-corrected chi connectivity index (χ3v) is 7.74. The maximum absolute atomic E-state index is 11.3. The summed E-state index contributed by atoms with van der Waals surface area (Å²) >= 11 is 0. The summed E-state index contributed by atoms with van der Waals surface area (Å²) < 4.78 is 5.48. The Morgan fingerprint density at radius 3 is 2.88 bits per heavy atom. The Morgan fingerprint density at radius 1 is 1.29 bits per heavy atom. The number of aryl methyl sites for hydroxylation is 1. The first-order chi connectivity index (χ1) is 11.5. The standard InChI is InChI=1S/C22H30O2/c1-4-11-22(23)13-10-20-18-8-6-15-5-7-16(24-3)14-19(15)17(18)9-12-21(20,22)2/h4-5,7,14,17-18,20,23H,1,6,8-13H2,2-3H3/t17-,18+,20-,21-,22-/m0/s1. The van der Waals surface area contributed by atoms with Gasteiger partial charge in [-0.2, -0.15) is 0 Å². The normalized spacial score (nSPS) is 40.4. The van der Waals surface area contributed by atoms with Gasteiger partial charge in [-0.05, 0) is 91.4 Å². The van der Waals surface area contributed by atoms with Crippen molar-refractivity contribution in [3.63, 3.8) is 0 Å². The van der Waals surface area contributed by atoms with Crippen LogP contribution in [-0.4, -0.2) is 17.8 Å². The Bertz CT molecular complexity index is 651. The van der Waals surface area contributed by atoms with Crippen LogP contribution in [0.1, 0.15) is 62.5 Å². The average molecular weight is 326 g/mol. The van der Waals surface area contributed by atoms with Crippen LogP contribution < -0.4 is 4.74 Å². The third kappa shape index (κ3) is 2.12. The second kappa shape index (κ2) is 5.62. The fourth-order valence-electron chi connectivity index (χ4n) is 6.36. The van der Waals surface area contributed by atoms with Gasteiger partial charge in [-0.25, -0.2) is 0 Å². The molecule has 0 heterocycles. The molecule has 0 spiro atoms. The summed E-state index contributed by atoms with van der Waals surface area (Å²) in [7, 11) is 1.76. The molecule has 1 N–H and O–H groups in total. The summed E-state index contributed by atoms with van der Waals surface area (Å²) in [6, 6.07) is 6.64. The van der Waals surface area contributed by atoms with E-state index in [1.54, 1.807) is 7.11 Å². The Kier molecular flexibility index (Phi) is 3.80. The number of hydrogen-bond acceptors (Lipinski definition) is 2. The molecule has 0 bridgehead atoms. The molecular weight excluding hydrogens is 296 g/mol. The summed E-state index contributed by atoms with van der Waals surface area (Å²) in [5.74, 6) is 2.98. The smallest absolute Gasteiger partial charge is 0.119 e. The van der Waals surface area contributed by atoms with Gasteiger partial charge >= 0.3 is 0 Å². The van der Waals surface area contributed by atoms with Gasteiger partial charge in [-0.3, -0.25) is 0 Å². The number of ether oxygens (including phenoxy) is 1. The lowest BCUT2D eigenvalue weighted by atomic mass is 9.53. The van der Waals surface area contributed by atoms with Gasteiger partial charge in [-0.15, -0.1) is 6.58 Å². The van der Waals surface area contributed by atoms with Crippen LogP contribution >= 0.6 is 0 Å². The number of fused-ring (bicyclic) bond motifs is 5. The second-order valence-electron chi connectivity index (χ2n) is 8.50. The molecule has 24 heavy (non-hydrogen) atoms. The van der Waals surface area contributed by atoms with Crippen LogP contribution in [0.25, 0.3) is 0 Å². The molecule has 0 aliphatic heterocycles. The highest BCUT2D eigenvalue weighted by Gasteiger charge is 2.60. The Morgan fingerprint density at radius 2 is 2.12 bits per heavy atom. The van der Waals surface area contributed by atoms with Gasteiger partial charge in [0.25, 0.3) is 0 Å². The van der Waals surface area contributed by atoms with Crippen molar-refractivity contribution in [3.8, 4) is 5.75 Å². The topological polar surface area (TPSA) is 29.5 Å². The summed E-state index contributed by atoms with van der Waals surface area (Å²) in [4.78, 5) is 0. The number of rotatable bonds is 3. The van der Waals surface area contributed by atoms with Gasteiger partial charge < -0.3 is 9.84 Å². The van der Waals surface area contributed by atoms with Crippen LogP contribution in [0.5, 0.6) is 5.75 Å². The van der Waals surface area contributed by atoms with Gasteiger partial charge in [0.05, 0.1) is 12.7 Å².